The molecule has 0 bridgehead atoms. The fourth-order valence-electron chi connectivity index (χ4n) is 4.15. The molecule has 1 heterocycles. The van der Waals surface area contributed by atoms with Crippen LogP contribution in [0.15, 0.2) is 12.4 Å². The fraction of sp³-hybridized carbons (Fsp3) is 0.765. The molecule has 0 saturated heterocycles. The Kier molecular flexibility index (Phi) is 4.54. The molecular weight excluding hydrogens is 248 g/mol. The Hall–Kier alpha value is -1.12. The summed E-state index contributed by atoms with van der Waals surface area (Å²) in [6, 6.07) is 0.520. The lowest BCUT2D eigenvalue weighted by Crippen LogP contribution is -2.21. The molecule has 2 saturated carbocycles. The van der Waals surface area contributed by atoms with Crippen molar-refractivity contribution in [3.05, 3.63) is 18.0 Å². The highest BCUT2D eigenvalue weighted by Gasteiger charge is 2.25. The third kappa shape index (κ3) is 3.31. The summed E-state index contributed by atoms with van der Waals surface area (Å²) in [6.45, 7) is 0. The van der Waals surface area contributed by atoms with Crippen LogP contribution in [-0.4, -0.2) is 16.1 Å². The Morgan fingerprint density at radius 1 is 1.05 bits per heavy atom. The van der Waals surface area contributed by atoms with Gasteiger partial charge in [-0.1, -0.05) is 32.1 Å². The van der Waals surface area contributed by atoms with E-state index < -0.39 is 0 Å². The van der Waals surface area contributed by atoms with Crippen molar-refractivity contribution in [2.24, 2.45) is 11.8 Å². The summed E-state index contributed by atoms with van der Waals surface area (Å²) in [6.07, 6.45) is 18.4. The van der Waals surface area contributed by atoms with E-state index in [4.69, 9.17) is 0 Å². The third-order valence-corrected chi connectivity index (χ3v) is 5.34. The van der Waals surface area contributed by atoms with Gasteiger partial charge >= 0.3 is 0 Å². The highest BCUT2D eigenvalue weighted by atomic mass is 16.1. The van der Waals surface area contributed by atoms with E-state index in [0.717, 1.165) is 18.1 Å². The summed E-state index contributed by atoms with van der Waals surface area (Å²) in [4.78, 5) is 10.7. The van der Waals surface area contributed by atoms with E-state index in [0.29, 0.717) is 11.6 Å². The van der Waals surface area contributed by atoms with Crippen molar-refractivity contribution in [1.29, 1.82) is 0 Å². The van der Waals surface area contributed by atoms with Crippen LogP contribution in [0.3, 0.4) is 0 Å². The maximum atomic E-state index is 10.7. The van der Waals surface area contributed by atoms with Gasteiger partial charge < -0.3 is 0 Å². The zero-order chi connectivity index (χ0) is 13.8. The lowest BCUT2D eigenvalue weighted by atomic mass is 9.76. The Morgan fingerprint density at radius 3 is 2.40 bits per heavy atom. The molecule has 3 nitrogen and oxygen atoms in total. The molecular formula is C17H26N2O. The molecule has 0 radical (unpaired) electrons. The van der Waals surface area contributed by atoms with Crippen molar-refractivity contribution in [3.63, 3.8) is 0 Å². The van der Waals surface area contributed by atoms with E-state index in [1.54, 1.807) is 6.20 Å². The first-order valence-corrected chi connectivity index (χ1v) is 8.34. The monoisotopic (exact) mass is 274 g/mol. The predicted molar refractivity (Wildman–Crippen MR) is 79.8 cm³/mol. The maximum absolute atomic E-state index is 10.7. The number of nitrogens with zero attached hydrogens (tertiary/aromatic N) is 2. The third-order valence-electron chi connectivity index (χ3n) is 5.34. The molecule has 2 aliphatic carbocycles. The van der Waals surface area contributed by atoms with Crippen molar-refractivity contribution in [2.45, 2.75) is 70.3 Å². The molecule has 1 aromatic heterocycles. The second kappa shape index (κ2) is 6.55. The summed E-state index contributed by atoms with van der Waals surface area (Å²) in [5.74, 6) is 1.95. The number of aldehydes is 1. The molecule has 0 N–H and O–H groups in total. The van der Waals surface area contributed by atoms with Gasteiger partial charge in [-0.2, -0.15) is 5.10 Å². The Morgan fingerprint density at radius 2 is 1.75 bits per heavy atom. The molecule has 1 aromatic rings. The molecule has 2 fully saturated rings. The van der Waals surface area contributed by atoms with Gasteiger partial charge in [0.15, 0.2) is 6.29 Å². The molecule has 0 amide bonds. The first-order valence-electron chi connectivity index (χ1n) is 8.34. The number of hydrogen-bond acceptors (Lipinski definition) is 2. The lowest BCUT2D eigenvalue weighted by molar-refractivity contribution is 0.112. The van der Waals surface area contributed by atoms with Crippen molar-refractivity contribution in [1.82, 2.24) is 9.78 Å². The molecule has 0 atom stereocenters. The first-order chi connectivity index (χ1) is 9.85. The topological polar surface area (TPSA) is 34.9 Å². The summed E-state index contributed by atoms with van der Waals surface area (Å²) in [5, 5.41) is 4.34. The van der Waals surface area contributed by atoms with Crippen molar-refractivity contribution in [2.75, 3.05) is 0 Å². The Balaban J connectivity index is 1.47. The van der Waals surface area contributed by atoms with E-state index in [-0.39, 0.29) is 0 Å². The molecule has 0 spiro atoms. The van der Waals surface area contributed by atoms with Crippen molar-refractivity contribution >= 4 is 6.29 Å². The summed E-state index contributed by atoms with van der Waals surface area (Å²) >= 11 is 0. The molecule has 3 heteroatoms. The van der Waals surface area contributed by atoms with Gasteiger partial charge in [0.1, 0.15) is 0 Å². The first kappa shape index (κ1) is 13.8. The van der Waals surface area contributed by atoms with E-state index in [9.17, 15) is 4.79 Å². The molecule has 3 rings (SSSR count). The van der Waals surface area contributed by atoms with Gasteiger partial charge in [-0.15, -0.1) is 0 Å². The van der Waals surface area contributed by atoms with Crippen LogP contribution in [0, 0.1) is 11.8 Å². The van der Waals surface area contributed by atoms with Crippen LogP contribution < -0.4 is 0 Å². The standard InChI is InChI=1S/C17H26N2O/c20-13-16-11-18-19(12-16)17-8-6-15(7-9-17)10-14-4-2-1-3-5-14/h11-15,17H,1-10H2. The summed E-state index contributed by atoms with van der Waals surface area (Å²) in [5.41, 5.74) is 0.703. The van der Waals surface area contributed by atoms with Crippen LogP contribution in [0.25, 0.3) is 0 Å². The maximum Gasteiger partial charge on any atom is 0.153 e. The van der Waals surface area contributed by atoms with Gasteiger partial charge in [-0.3, -0.25) is 9.48 Å². The lowest BCUT2D eigenvalue weighted by Gasteiger charge is -2.32. The number of carbonyl (C=O) groups excluding carboxylic acids is 1. The van der Waals surface area contributed by atoms with Crippen molar-refractivity contribution in [3.8, 4) is 0 Å². The molecule has 20 heavy (non-hydrogen) atoms. The van der Waals surface area contributed by atoms with Gasteiger partial charge in [0.2, 0.25) is 0 Å². The van der Waals surface area contributed by atoms with E-state index in [1.165, 1.54) is 64.2 Å². The minimum atomic E-state index is 0.520. The molecule has 2 aliphatic rings. The molecule has 0 unspecified atom stereocenters. The number of aromatic nitrogens is 2. The van der Waals surface area contributed by atoms with E-state index in [1.807, 2.05) is 10.9 Å². The highest BCUT2D eigenvalue weighted by Crippen LogP contribution is 2.38. The second-order valence-corrected chi connectivity index (χ2v) is 6.79. The predicted octanol–water partition coefficient (Wildman–Crippen LogP) is 4.40. The minimum absolute atomic E-state index is 0.520. The smallest absolute Gasteiger partial charge is 0.153 e. The Labute approximate surface area is 121 Å². The average molecular weight is 274 g/mol. The quantitative estimate of drug-likeness (QED) is 0.763. The fourth-order valence-corrected chi connectivity index (χ4v) is 4.15. The normalized spacial score (nSPS) is 28.4. The molecule has 0 aromatic carbocycles. The summed E-state index contributed by atoms with van der Waals surface area (Å²) in [7, 11) is 0. The van der Waals surface area contributed by atoms with Gasteiger partial charge in [-0.25, -0.2) is 0 Å². The number of hydrogen-bond donors (Lipinski definition) is 0. The van der Waals surface area contributed by atoms with Crippen LogP contribution in [0.2, 0.25) is 0 Å². The van der Waals surface area contributed by atoms with Crippen LogP contribution in [0.5, 0.6) is 0 Å². The van der Waals surface area contributed by atoms with E-state index >= 15 is 0 Å². The zero-order valence-electron chi connectivity index (χ0n) is 12.3. The largest absolute Gasteiger partial charge is 0.298 e. The van der Waals surface area contributed by atoms with Gasteiger partial charge in [0.05, 0.1) is 17.8 Å². The van der Waals surface area contributed by atoms with E-state index in [2.05, 4.69) is 5.10 Å². The number of rotatable bonds is 4. The minimum Gasteiger partial charge on any atom is -0.298 e. The molecule has 0 aliphatic heterocycles. The molecule has 110 valence electrons. The van der Waals surface area contributed by atoms with Crippen molar-refractivity contribution < 1.29 is 4.79 Å². The van der Waals surface area contributed by atoms with Crippen LogP contribution in [0.4, 0.5) is 0 Å². The number of carbonyl (C=O) groups is 1. The van der Waals surface area contributed by atoms with Gasteiger partial charge in [0, 0.05) is 6.20 Å². The van der Waals surface area contributed by atoms with Crippen LogP contribution >= 0.6 is 0 Å². The highest BCUT2D eigenvalue weighted by molar-refractivity contribution is 5.73. The van der Waals surface area contributed by atoms with Gasteiger partial charge in [-0.05, 0) is 43.9 Å². The zero-order valence-corrected chi connectivity index (χ0v) is 12.3. The summed E-state index contributed by atoms with van der Waals surface area (Å²) < 4.78 is 2.01. The Bertz CT molecular complexity index is 426. The van der Waals surface area contributed by atoms with Crippen LogP contribution in [0.1, 0.15) is 80.6 Å². The van der Waals surface area contributed by atoms with Crippen LogP contribution in [-0.2, 0) is 0 Å². The average Bonchev–Trinajstić information content (AvgIpc) is 2.98. The second-order valence-electron chi connectivity index (χ2n) is 6.79. The SMILES string of the molecule is O=Cc1cnn(C2CCC(CC3CCCCC3)CC2)c1. The van der Waals surface area contributed by atoms with Gasteiger partial charge in [0.25, 0.3) is 0 Å².